The van der Waals surface area contributed by atoms with Crippen molar-refractivity contribution in [2.45, 2.75) is 39.0 Å². The largest absolute Gasteiger partial charge is 0.372 e. The molecule has 6 nitrogen and oxygen atoms in total. The van der Waals surface area contributed by atoms with Crippen LogP contribution in [0.3, 0.4) is 0 Å². The molecule has 6 heteroatoms. The first-order valence-electron chi connectivity index (χ1n) is 7.62. The van der Waals surface area contributed by atoms with E-state index in [4.69, 9.17) is 4.74 Å². The van der Waals surface area contributed by atoms with Crippen molar-refractivity contribution >= 4 is 5.91 Å². The molecule has 0 radical (unpaired) electrons. The fourth-order valence-corrected chi connectivity index (χ4v) is 2.73. The first kappa shape index (κ1) is 16.0. The highest BCUT2D eigenvalue weighted by Crippen LogP contribution is 2.11. The Labute approximate surface area is 126 Å². The van der Waals surface area contributed by atoms with Gasteiger partial charge in [-0.1, -0.05) is 0 Å². The lowest BCUT2D eigenvalue weighted by Crippen LogP contribution is -2.50. The van der Waals surface area contributed by atoms with Crippen LogP contribution in [-0.2, 0) is 16.1 Å². The molecule has 2 heterocycles. The van der Waals surface area contributed by atoms with E-state index in [0.717, 1.165) is 19.5 Å². The minimum absolute atomic E-state index is 0.129. The molecule has 0 spiro atoms. The topological polar surface area (TPSA) is 50.6 Å². The summed E-state index contributed by atoms with van der Waals surface area (Å²) in [6.07, 6.45) is 6.83. The van der Waals surface area contributed by atoms with Crippen molar-refractivity contribution in [2.24, 2.45) is 0 Å². The number of rotatable bonds is 6. The summed E-state index contributed by atoms with van der Waals surface area (Å²) in [6.45, 7) is 7.75. The zero-order valence-electron chi connectivity index (χ0n) is 13.2. The molecule has 0 unspecified atom stereocenters. The molecule has 0 aromatic carbocycles. The summed E-state index contributed by atoms with van der Waals surface area (Å²) in [4.78, 5) is 20.3. The zero-order valence-corrected chi connectivity index (χ0v) is 13.2. The maximum absolute atomic E-state index is 12.3. The van der Waals surface area contributed by atoms with Gasteiger partial charge < -0.3 is 14.2 Å². The molecule has 1 amide bonds. The van der Waals surface area contributed by atoms with Crippen LogP contribution >= 0.6 is 0 Å². The van der Waals surface area contributed by atoms with E-state index < -0.39 is 0 Å². The SMILES string of the molecule is C[C@H]1CN(C(=O)CN(C)CCCn2ccnc2)C[C@H](C)O1. The number of amides is 1. The standard InChI is InChI=1S/C15H26N4O2/c1-13-9-19(10-14(2)21-13)15(20)11-17(3)6-4-7-18-8-5-16-12-18/h5,8,12-14H,4,6-7,9-11H2,1-3H3/t13-,14-/m0/s1. The van der Waals surface area contributed by atoms with Crippen molar-refractivity contribution in [1.29, 1.82) is 0 Å². The monoisotopic (exact) mass is 294 g/mol. The van der Waals surface area contributed by atoms with E-state index in [1.807, 2.05) is 38.3 Å². The zero-order chi connectivity index (χ0) is 15.2. The van der Waals surface area contributed by atoms with Gasteiger partial charge in [0, 0.05) is 38.6 Å². The van der Waals surface area contributed by atoms with Crippen LogP contribution < -0.4 is 0 Å². The predicted molar refractivity (Wildman–Crippen MR) is 80.9 cm³/mol. The van der Waals surface area contributed by atoms with Crippen molar-refractivity contribution in [3.63, 3.8) is 0 Å². The van der Waals surface area contributed by atoms with Crippen molar-refractivity contribution in [3.05, 3.63) is 18.7 Å². The van der Waals surface area contributed by atoms with Crippen LogP contribution in [0.4, 0.5) is 0 Å². The molecule has 0 saturated carbocycles. The molecular formula is C15H26N4O2. The number of morpholine rings is 1. The molecule has 2 atom stereocenters. The Morgan fingerprint density at radius 1 is 1.38 bits per heavy atom. The summed E-state index contributed by atoms with van der Waals surface area (Å²) in [7, 11) is 2.00. The molecule has 0 aliphatic carbocycles. The Bertz CT molecular complexity index is 425. The molecule has 118 valence electrons. The predicted octanol–water partition coefficient (Wildman–Crippen LogP) is 0.841. The summed E-state index contributed by atoms with van der Waals surface area (Å²) < 4.78 is 7.72. The minimum Gasteiger partial charge on any atom is -0.372 e. The van der Waals surface area contributed by atoms with E-state index in [1.165, 1.54) is 0 Å². The van der Waals surface area contributed by atoms with Gasteiger partial charge in [-0.3, -0.25) is 9.69 Å². The minimum atomic E-state index is 0.129. The fraction of sp³-hybridized carbons (Fsp3) is 0.733. The van der Waals surface area contributed by atoms with E-state index in [-0.39, 0.29) is 18.1 Å². The normalized spacial score (nSPS) is 22.8. The van der Waals surface area contributed by atoms with Gasteiger partial charge in [0.1, 0.15) is 0 Å². The van der Waals surface area contributed by atoms with Gasteiger partial charge in [0.25, 0.3) is 0 Å². The van der Waals surface area contributed by atoms with Gasteiger partial charge in [-0.05, 0) is 27.3 Å². The lowest BCUT2D eigenvalue weighted by Gasteiger charge is -2.36. The summed E-state index contributed by atoms with van der Waals surface area (Å²) in [5, 5.41) is 0. The maximum Gasteiger partial charge on any atom is 0.236 e. The van der Waals surface area contributed by atoms with Crippen LogP contribution in [0.5, 0.6) is 0 Å². The van der Waals surface area contributed by atoms with Gasteiger partial charge in [-0.2, -0.15) is 0 Å². The van der Waals surface area contributed by atoms with E-state index in [9.17, 15) is 4.79 Å². The van der Waals surface area contributed by atoms with Gasteiger partial charge in [-0.25, -0.2) is 4.98 Å². The third kappa shape index (κ3) is 5.13. The Kier molecular flexibility index (Phi) is 5.76. The van der Waals surface area contributed by atoms with Crippen molar-refractivity contribution in [3.8, 4) is 0 Å². The van der Waals surface area contributed by atoms with E-state index in [1.54, 1.807) is 6.20 Å². The van der Waals surface area contributed by atoms with E-state index in [2.05, 4.69) is 14.5 Å². The number of aryl methyl sites for hydroxylation is 1. The van der Waals surface area contributed by atoms with Crippen LogP contribution in [0.15, 0.2) is 18.7 Å². The van der Waals surface area contributed by atoms with Gasteiger partial charge in [0.2, 0.25) is 5.91 Å². The quantitative estimate of drug-likeness (QED) is 0.780. The Morgan fingerprint density at radius 3 is 2.71 bits per heavy atom. The van der Waals surface area contributed by atoms with Crippen LogP contribution in [0, 0.1) is 0 Å². The first-order chi connectivity index (χ1) is 10.0. The van der Waals surface area contributed by atoms with E-state index >= 15 is 0 Å². The summed E-state index contributed by atoms with van der Waals surface area (Å²) in [5.74, 6) is 0.196. The Morgan fingerprint density at radius 2 is 2.10 bits per heavy atom. The van der Waals surface area contributed by atoms with Gasteiger partial charge in [0.15, 0.2) is 0 Å². The molecule has 0 N–H and O–H groups in total. The van der Waals surface area contributed by atoms with Gasteiger partial charge >= 0.3 is 0 Å². The second-order valence-corrected chi connectivity index (χ2v) is 5.95. The summed E-state index contributed by atoms with van der Waals surface area (Å²) >= 11 is 0. The average molecular weight is 294 g/mol. The molecular weight excluding hydrogens is 268 g/mol. The highest BCUT2D eigenvalue weighted by atomic mass is 16.5. The number of hydrogen-bond donors (Lipinski definition) is 0. The fourth-order valence-electron chi connectivity index (χ4n) is 2.73. The highest BCUT2D eigenvalue weighted by molar-refractivity contribution is 5.78. The van der Waals surface area contributed by atoms with Gasteiger partial charge in [0.05, 0.1) is 25.1 Å². The third-order valence-electron chi connectivity index (χ3n) is 3.69. The first-order valence-corrected chi connectivity index (χ1v) is 7.62. The van der Waals surface area contributed by atoms with Crippen LogP contribution in [-0.4, -0.2) is 70.7 Å². The summed E-state index contributed by atoms with van der Waals surface area (Å²) in [5.41, 5.74) is 0. The molecule has 1 aromatic heterocycles. The number of nitrogens with zero attached hydrogens (tertiary/aromatic N) is 4. The van der Waals surface area contributed by atoms with Crippen molar-refractivity contribution in [2.75, 3.05) is 33.2 Å². The smallest absolute Gasteiger partial charge is 0.236 e. The number of imidazole rings is 1. The maximum atomic E-state index is 12.3. The van der Waals surface area contributed by atoms with Crippen molar-refractivity contribution in [1.82, 2.24) is 19.4 Å². The summed E-state index contributed by atoms with van der Waals surface area (Å²) in [6, 6.07) is 0. The molecule has 1 aromatic rings. The second kappa shape index (κ2) is 7.56. The van der Waals surface area contributed by atoms with Crippen LogP contribution in [0.2, 0.25) is 0 Å². The third-order valence-corrected chi connectivity index (χ3v) is 3.69. The molecule has 21 heavy (non-hydrogen) atoms. The molecule has 1 aliphatic heterocycles. The number of hydrogen-bond acceptors (Lipinski definition) is 4. The number of likely N-dealkylation sites (N-methyl/N-ethyl adjacent to an activating group) is 1. The number of carbonyl (C=O) groups is 1. The van der Waals surface area contributed by atoms with Gasteiger partial charge in [-0.15, -0.1) is 0 Å². The number of aromatic nitrogens is 2. The highest BCUT2D eigenvalue weighted by Gasteiger charge is 2.26. The molecule has 0 bridgehead atoms. The lowest BCUT2D eigenvalue weighted by molar-refractivity contribution is -0.144. The molecule has 2 rings (SSSR count). The molecule has 1 saturated heterocycles. The molecule has 1 aliphatic rings. The van der Waals surface area contributed by atoms with Crippen LogP contribution in [0.25, 0.3) is 0 Å². The molecule has 1 fully saturated rings. The van der Waals surface area contributed by atoms with Crippen molar-refractivity contribution < 1.29 is 9.53 Å². The second-order valence-electron chi connectivity index (χ2n) is 5.95. The van der Waals surface area contributed by atoms with Crippen LogP contribution in [0.1, 0.15) is 20.3 Å². The Balaban J connectivity index is 1.69. The lowest BCUT2D eigenvalue weighted by atomic mass is 10.2. The number of ether oxygens (including phenoxy) is 1. The van der Waals surface area contributed by atoms with E-state index in [0.29, 0.717) is 19.6 Å². The average Bonchev–Trinajstić information content (AvgIpc) is 2.90. The Hall–Kier alpha value is -1.40. The number of carbonyl (C=O) groups excluding carboxylic acids is 1.